The molecule has 1 aromatic heterocycles. The Bertz CT molecular complexity index is 506. The Morgan fingerprint density at radius 3 is 2.45 bits per heavy atom. The highest BCUT2D eigenvalue weighted by Crippen LogP contribution is 2.36. The summed E-state index contributed by atoms with van der Waals surface area (Å²) in [5.41, 5.74) is -1.73. The van der Waals surface area contributed by atoms with E-state index in [1.165, 1.54) is 0 Å². The SMILES string of the molecule is O=C(O)Cc1cc(OC(F)(F)F)c(C(F)F)c(CBr)n1. The van der Waals surface area contributed by atoms with Gasteiger partial charge in [0.05, 0.1) is 23.4 Å². The molecule has 0 aliphatic rings. The number of carbonyl (C=O) groups is 1. The summed E-state index contributed by atoms with van der Waals surface area (Å²) in [6, 6.07) is 0.551. The van der Waals surface area contributed by atoms with Gasteiger partial charge >= 0.3 is 12.3 Å². The van der Waals surface area contributed by atoms with Gasteiger partial charge in [0.1, 0.15) is 5.75 Å². The fourth-order valence-electron chi connectivity index (χ4n) is 1.43. The number of alkyl halides is 6. The Morgan fingerprint density at radius 2 is 2.05 bits per heavy atom. The van der Waals surface area contributed by atoms with Gasteiger partial charge < -0.3 is 9.84 Å². The van der Waals surface area contributed by atoms with Gasteiger partial charge in [-0.25, -0.2) is 8.78 Å². The third-order valence-corrected chi connectivity index (χ3v) is 2.59. The number of rotatable bonds is 5. The molecule has 112 valence electrons. The predicted molar refractivity (Wildman–Crippen MR) is 59.8 cm³/mol. The molecule has 20 heavy (non-hydrogen) atoms. The van der Waals surface area contributed by atoms with Crippen LogP contribution in [0.4, 0.5) is 22.0 Å². The second kappa shape index (κ2) is 6.33. The first kappa shape index (κ1) is 16.6. The number of halogens is 6. The Morgan fingerprint density at radius 1 is 1.45 bits per heavy atom. The minimum atomic E-state index is -5.17. The van der Waals surface area contributed by atoms with E-state index in [1.54, 1.807) is 0 Å². The molecule has 0 bridgehead atoms. The highest BCUT2D eigenvalue weighted by atomic mass is 79.9. The topological polar surface area (TPSA) is 59.4 Å². The molecule has 0 atom stereocenters. The van der Waals surface area contributed by atoms with Crippen LogP contribution in [0.1, 0.15) is 23.4 Å². The molecule has 0 aliphatic carbocycles. The van der Waals surface area contributed by atoms with E-state index in [1.807, 2.05) is 0 Å². The summed E-state index contributed by atoms with van der Waals surface area (Å²) < 4.78 is 65.8. The van der Waals surface area contributed by atoms with Gasteiger partial charge in [-0.2, -0.15) is 0 Å². The van der Waals surface area contributed by atoms with E-state index in [4.69, 9.17) is 5.11 Å². The summed E-state index contributed by atoms with van der Waals surface area (Å²) in [5, 5.41) is 8.30. The first-order valence-corrected chi connectivity index (χ1v) is 6.10. The molecule has 0 spiro atoms. The van der Waals surface area contributed by atoms with Gasteiger partial charge in [0, 0.05) is 11.4 Å². The van der Waals surface area contributed by atoms with Crippen molar-refractivity contribution in [3.8, 4) is 5.75 Å². The summed E-state index contributed by atoms with van der Waals surface area (Å²) in [5.74, 6) is -2.51. The Kier molecular flexibility index (Phi) is 5.26. The molecule has 0 unspecified atom stereocenters. The van der Waals surface area contributed by atoms with Crippen molar-refractivity contribution in [1.29, 1.82) is 0 Å². The van der Waals surface area contributed by atoms with Crippen LogP contribution in [0.15, 0.2) is 6.07 Å². The van der Waals surface area contributed by atoms with Crippen LogP contribution in [0.25, 0.3) is 0 Å². The zero-order valence-electron chi connectivity index (χ0n) is 9.55. The first-order chi connectivity index (χ1) is 9.14. The molecule has 10 heteroatoms. The van der Waals surface area contributed by atoms with Crippen molar-refractivity contribution in [3.63, 3.8) is 0 Å². The van der Waals surface area contributed by atoms with Crippen molar-refractivity contribution in [2.75, 3.05) is 0 Å². The average Bonchev–Trinajstić information content (AvgIpc) is 2.24. The van der Waals surface area contributed by atoms with Crippen LogP contribution in [0.2, 0.25) is 0 Å². The molecule has 0 aromatic carbocycles. The minimum absolute atomic E-state index is 0.269. The maximum absolute atomic E-state index is 12.8. The molecular weight excluding hydrogens is 357 g/mol. The molecule has 0 fully saturated rings. The van der Waals surface area contributed by atoms with Crippen LogP contribution in [0.5, 0.6) is 5.75 Å². The summed E-state index contributed by atoms with van der Waals surface area (Å²) >= 11 is 2.81. The lowest BCUT2D eigenvalue weighted by Crippen LogP contribution is -2.19. The molecule has 1 rings (SSSR count). The highest BCUT2D eigenvalue weighted by molar-refractivity contribution is 9.08. The van der Waals surface area contributed by atoms with Gasteiger partial charge in [-0.3, -0.25) is 9.78 Å². The fourth-order valence-corrected chi connectivity index (χ4v) is 1.85. The number of hydrogen-bond acceptors (Lipinski definition) is 3. The van der Waals surface area contributed by atoms with Gasteiger partial charge in [0.2, 0.25) is 0 Å². The number of pyridine rings is 1. The maximum atomic E-state index is 12.8. The molecule has 0 saturated carbocycles. The van der Waals surface area contributed by atoms with Crippen molar-refractivity contribution in [3.05, 3.63) is 23.0 Å². The van der Waals surface area contributed by atoms with E-state index in [-0.39, 0.29) is 11.0 Å². The van der Waals surface area contributed by atoms with Crippen molar-refractivity contribution >= 4 is 21.9 Å². The number of aliphatic carboxylic acids is 1. The largest absolute Gasteiger partial charge is 0.573 e. The quantitative estimate of drug-likeness (QED) is 0.643. The lowest BCUT2D eigenvalue weighted by molar-refractivity contribution is -0.275. The number of nitrogens with zero attached hydrogens (tertiary/aromatic N) is 1. The van der Waals surface area contributed by atoms with Crippen molar-refractivity contribution in [2.45, 2.75) is 24.5 Å². The molecule has 4 nitrogen and oxygen atoms in total. The van der Waals surface area contributed by atoms with Crippen LogP contribution in [-0.2, 0) is 16.5 Å². The molecule has 0 amide bonds. The fraction of sp³-hybridized carbons (Fsp3) is 0.400. The molecule has 0 saturated heterocycles. The molecule has 0 aliphatic heterocycles. The van der Waals surface area contributed by atoms with E-state index < -0.39 is 42.2 Å². The third-order valence-electron chi connectivity index (χ3n) is 2.06. The zero-order chi connectivity index (χ0) is 15.5. The van der Waals surface area contributed by atoms with Crippen molar-refractivity contribution in [2.24, 2.45) is 0 Å². The minimum Gasteiger partial charge on any atom is -0.481 e. The smallest absolute Gasteiger partial charge is 0.481 e. The number of hydrogen-bond donors (Lipinski definition) is 1. The van der Waals surface area contributed by atoms with Gasteiger partial charge in [-0.15, -0.1) is 13.2 Å². The molecular formula is C10H7BrF5NO3. The summed E-state index contributed by atoms with van der Waals surface area (Å²) in [6.07, 6.45) is -9.13. The van der Waals surface area contributed by atoms with Crippen molar-refractivity contribution < 1.29 is 36.6 Å². The van der Waals surface area contributed by atoms with Crippen LogP contribution >= 0.6 is 15.9 Å². The second-order valence-electron chi connectivity index (χ2n) is 3.52. The number of carboxylic acid groups (broad SMARTS) is 1. The normalized spacial score (nSPS) is 11.8. The Hall–Kier alpha value is -1.45. The second-order valence-corrected chi connectivity index (χ2v) is 4.09. The van der Waals surface area contributed by atoms with E-state index >= 15 is 0 Å². The molecule has 1 aromatic rings. The first-order valence-electron chi connectivity index (χ1n) is 4.98. The summed E-state index contributed by atoms with van der Waals surface area (Å²) in [4.78, 5) is 14.1. The maximum Gasteiger partial charge on any atom is 0.573 e. The summed E-state index contributed by atoms with van der Waals surface area (Å²) in [6.45, 7) is 0. The molecule has 1 N–H and O–H groups in total. The van der Waals surface area contributed by atoms with Gasteiger partial charge in [-0.1, -0.05) is 15.9 Å². The molecule has 0 radical (unpaired) electrons. The standard InChI is InChI=1S/C10H7BrF5NO3/c11-3-5-8(9(12)13)6(20-10(14,15)16)1-4(17-5)2-7(18)19/h1,9H,2-3H2,(H,18,19). The van der Waals surface area contributed by atoms with Gasteiger partial charge in [-0.05, 0) is 0 Å². The van der Waals surface area contributed by atoms with Crippen molar-refractivity contribution in [1.82, 2.24) is 4.98 Å². The van der Waals surface area contributed by atoms with Gasteiger partial charge in [0.25, 0.3) is 6.43 Å². The number of ether oxygens (including phenoxy) is 1. The van der Waals surface area contributed by atoms with Crippen LogP contribution < -0.4 is 4.74 Å². The predicted octanol–water partition coefficient (Wildman–Crippen LogP) is 3.44. The number of aromatic nitrogens is 1. The van der Waals surface area contributed by atoms with E-state index in [0.29, 0.717) is 6.07 Å². The van der Waals surface area contributed by atoms with Crippen LogP contribution in [-0.4, -0.2) is 22.4 Å². The number of carboxylic acids is 1. The lowest BCUT2D eigenvalue weighted by Gasteiger charge is -2.16. The molecule has 1 heterocycles. The van der Waals surface area contributed by atoms with Crippen LogP contribution in [0.3, 0.4) is 0 Å². The Balaban J connectivity index is 3.37. The van der Waals surface area contributed by atoms with Crippen LogP contribution in [0, 0.1) is 0 Å². The summed E-state index contributed by atoms with van der Waals surface area (Å²) in [7, 11) is 0. The van der Waals surface area contributed by atoms with E-state index in [2.05, 4.69) is 25.7 Å². The lowest BCUT2D eigenvalue weighted by atomic mass is 10.1. The average molecular weight is 364 g/mol. The Labute approximate surface area is 117 Å². The van der Waals surface area contributed by atoms with E-state index in [0.717, 1.165) is 0 Å². The van der Waals surface area contributed by atoms with E-state index in [9.17, 15) is 26.7 Å². The monoisotopic (exact) mass is 363 g/mol. The van der Waals surface area contributed by atoms with Gasteiger partial charge in [0.15, 0.2) is 0 Å². The zero-order valence-corrected chi connectivity index (χ0v) is 11.1. The highest BCUT2D eigenvalue weighted by Gasteiger charge is 2.34. The third kappa shape index (κ3) is 4.58.